The number of rotatable bonds is 2. The number of hydrogen-bond acceptors (Lipinski definition) is 3. The number of benzene rings is 2. The van der Waals surface area contributed by atoms with E-state index in [4.69, 9.17) is 0 Å². The zero-order valence-corrected chi connectivity index (χ0v) is 14.5. The van der Waals surface area contributed by atoms with Gasteiger partial charge in [0.25, 0.3) is 5.56 Å². The van der Waals surface area contributed by atoms with Crippen molar-refractivity contribution in [2.75, 3.05) is 0 Å². The van der Waals surface area contributed by atoms with Gasteiger partial charge in [0.15, 0.2) is 11.2 Å². The van der Waals surface area contributed by atoms with Crippen molar-refractivity contribution in [1.29, 1.82) is 0 Å². The first-order chi connectivity index (χ1) is 13.1. The van der Waals surface area contributed by atoms with Gasteiger partial charge in [0.1, 0.15) is 0 Å². The van der Waals surface area contributed by atoms with Gasteiger partial charge in [-0.25, -0.2) is 4.79 Å². The molecule has 7 nitrogen and oxygen atoms in total. The minimum Gasteiger partial charge on any atom is -0.279 e. The Kier molecular flexibility index (Phi) is 3.17. The summed E-state index contributed by atoms with van der Waals surface area (Å²) in [4.78, 5) is 31.4. The summed E-state index contributed by atoms with van der Waals surface area (Å²) in [6.45, 7) is 0. The highest BCUT2D eigenvalue weighted by atomic mass is 16.2. The number of aromatic amines is 1. The van der Waals surface area contributed by atoms with Crippen LogP contribution in [0.15, 0.2) is 76.4 Å². The number of nitrogens with zero attached hydrogens (tertiary/aromatic N) is 4. The molecule has 7 heteroatoms. The molecule has 5 aromatic rings. The molecule has 5 rings (SSSR count). The summed E-state index contributed by atoms with van der Waals surface area (Å²) in [6.07, 6.45) is 1.88. The van der Waals surface area contributed by atoms with Gasteiger partial charge >= 0.3 is 5.69 Å². The van der Waals surface area contributed by atoms with Crippen LogP contribution in [0.2, 0.25) is 0 Å². The molecule has 0 aliphatic rings. The third-order valence-corrected chi connectivity index (χ3v) is 4.71. The maximum Gasteiger partial charge on any atom is 0.329 e. The molecule has 0 bridgehead atoms. The van der Waals surface area contributed by atoms with Gasteiger partial charge in [0.05, 0.1) is 5.69 Å². The lowest BCUT2D eigenvalue weighted by atomic mass is 10.1. The number of aryl methyl sites for hydroxylation is 1. The predicted molar refractivity (Wildman–Crippen MR) is 103 cm³/mol. The number of aromatic nitrogens is 5. The Labute approximate surface area is 152 Å². The van der Waals surface area contributed by atoms with Gasteiger partial charge < -0.3 is 0 Å². The molecular formula is C20H15N5O2. The standard InChI is InChI=1S/C20H15N5O2/c1-23-17-16(18(26)22-20(23)27)24-12-15(13-8-4-2-5-9-13)25(19(24)21-17)14-10-6-3-7-11-14/h2-12H,1H3,(H,22,26,27). The van der Waals surface area contributed by atoms with Crippen molar-refractivity contribution in [2.45, 2.75) is 0 Å². The van der Waals surface area contributed by atoms with Crippen molar-refractivity contribution in [1.82, 2.24) is 23.5 Å². The van der Waals surface area contributed by atoms with E-state index in [1.165, 1.54) is 4.57 Å². The predicted octanol–water partition coefficient (Wildman–Crippen LogP) is 2.33. The van der Waals surface area contributed by atoms with E-state index in [9.17, 15) is 9.59 Å². The Morgan fingerprint density at radius 3 is 2.30 bits per heavy atom. The van der Waals surface area contributed by atoms with E-state index in [-0.39, 0.29) is 0 Å². The molecule has 0 saturated heterocycles. The molecule has 0 aliphatic heterocycles. The Balaban J connectivity index is 1.98. The van der Waals surface area contributed by atoms with E-state index in [1.807, 2.05) is 71.4 Å². The lowest BCUT2D eigenvalue weighted by Crippen LogP contribution is -2.28. The summed E-state index contributed by atoms with van der Waals surface area (Å²) in [7, 11) is 1.60. The van der Waals surface area contributed by atoms with Crippen LogP contribution < -0.4 is 11.2 Å². The normalized spacial score (nSPS) is 11.4. The number of fused-ring (bicyclic) bond motifs is 3. The molecule has 0 saturated carbocycles. The van der Waals surface area contributed by atoms with Gasteiger partial charge in [-0.05, 0) is 12.1 Å². The summed E-state index contributed by atoms with van der Waals surface area (Å²) in [6, 6.07) is 19.7. The van der Waals surface area contributed by atoms with E-state index in [2.05, 4.69) is 9.97 Å². The van der Waals surface area contributed by atoms with E-state index < -0.39 is 11.2 Å². The molecule has 0 unspecified atom stereocenters. The van der Waals surface area contributed by atoms with Crippen LogP contribution in [0.4, 0.5) is 0 Å². The highest BCUT2D eigenvalue weighted by Crippen LogP contribution is 2.28. The number of nitrogens with one attached hydrogen (secondary N) is 1. The third kappa shape index (κ3) is 2.18. The highest BCUT2D eigenvalue weighted by molar-refractivity contribution is 5.79. The Morgan fingerprint density at radius 1 is 0.926 bits per heavy atom. The molecule has 0 spiro atoms. The fourth-order valence-electron chi connectivity index (χ4n) is 3.40. The fourth-order valence-corrected chi connectivity index (χ4v) is 3.40. The van der Waals surface area contributed by atoms with Crippen LogP contribution in [-0.2, 0) is 7.05 Å². The second kappa shape index (κ2) is 5.57. The Morgan fingerprint density at radius 2 is 1.59 bits per heavy atom. The second-order valence-corrected chi connectivity index (χ2v) is 6.32. The molecule has 0 fully saturated rings. The van der Waals surface area contributed by atoms with Gasteiger partial charge in [-0.1, -0.05) is 48.5 Å². The molecule has 2 aromatic carbocycles. The number of hydrogen-bond donors (Lipinski definition) is 1. The largest absolute Gasteiger partial charge is 0.329 e. The lowest BCUT2D eigenvalue weighted by Gasteiger charge is -2.08. The molecular weight excluding hydrogens is 342 g/mol. The maximum atomic E-state index is 12.5. The summed E-state index contributed by atoms with van der Waals surface area (Å²) in [5.41, 5.74) is 2.58. The summed E-state index contributed by atoms with van der Waals surface area (Å²) >= 11 is 0. The van der Waals surface area contributed by atoms with Crippen LogP contribution in [-0.4, -0.2) is 23.5 Å². The van der Waals surface area contributed by atoms with E-state index in [0.29, 0.717) is 16.9 Å². The average molecular weight is 357 g/mol. The Bertz CT molecular complexity index is 1410. The molecule has 132 valence electrons. The number of H-pyrrole nitrogens is 1. The van der Waals surface area contributed by atoms with Gasteiger partial charge in [-0.15, -0.1) is 0 Å². The summed E-state index contributed by atoms with van der Waals surface area (Å²) in [5.74, 6) is 0.571. The first-order valence-electron chi connectivity index (χ1n) is 8.49. The quantitative estimate of drug-likeness (QED) is 0.527. The molecule has 27 heavy (non-hydrogen) atoms. The monoisotopic (exact) mass is 357 g/mol. The van der Waals surface area contributed by atoms with Crippen molar-refractivity contribution in [3.8, 4) is 16.9 Å². The first-order valence-corrected chi connectivity index (χ1v) is 8.49. The van der Waals surface area contributed by atoms with Crippen LogP contribution in [0.25, 0.3) is 33.9 Å². The van der Waals surface area contributed by atoms with E-state index in [1.54, 1.807) is 11.4 Å². The van der Waals surface area contributed by atoms with Crippen molar-refractivity contribution >= 4 is 16.9 Å². The van der Waals surface area contributed by atoms with Crippen molar-refractivity contribution in [3.05, 3.63) is 87.7 Å². The molecule has 0 radical (unpaired) electrons. The molecule has 1 N–H and O–H groups in total. The van der Waals surface area contributed by atoms with Crippen LogP contribution >= 0.6 is 0 Å². The van der Waals surface area contributed by atoms with Gasteiger partial charge in [0.2, 0.25) is 5.78 Å². The fraction of sp³-hybridized carbons (Fsp3) is 0.0500. The van der Waals surface area contributed by atoms with Gasteiger partial charge in [0, 0.05) is 24.5 Å². The van der Waals surface area contributed by atoms with Crippen LogP contribution in [0.3, 0.4) is 0 Å². The molecule has 0 amide bonds. The van der Waals surface area contributed by atoms with E-state index >= 15 is 0 Å². The molecule has 0 aliphatic carbocycles. The van der Waals surface area contributed by atoms with Gasteiger partial charge in [-0.3, -0.25) is 23.3 Å². The highest BCUT2D eigenvalue weighted by Gasteiger charge is 2.20. The Hall–Kier alpha value is -3.87. The van der Waals surface area contributed by atoms with Gasteiger partial charge in [-0.2, -0.15) is 4.98 Å². The summed E-state index contributed by atoms with van der Waals surface area (Å²) < 4.78 is 5.07. The zero-order valence-electron chi connectivity index (χ0n) is 14.5. The first kappa shape index (κ1) is 15.4. The molecule has 0 atom stereocenters. The molecule has 3 aromatic heterocycles. The average Bonchev–Trinajstić information content (AvgIpc) is 3.24. The number of para-hydroxylation sites is 1. The topological polar surface area (TPSA) is 77.1 Å². The SMILES string of the molecule is Cn1c(=O)[nH]c(=O)c2c1nc1n(-c3ccccc3)c(-c3ccccc3)cn21. The van der Waals surface area contributed by atoms with Crippen molar-refractivity contribution < 1.29 is 0 Å². The maximum absolute atomic E-state index is 12.5. The minimum absolute atomic E-state index is 0.346. The van der Waals surface area contributed by atoms with Crippen LogP contribution in [0, 0.1) is 0 Å². The second-order valence-electron chi connectivity index (χ2n) is 6.32. The summed E-state index contributed by atoms with van der Waals surface area (Å²) in [5, 5.41) is 0. The van der Waals surface area contributed by atoms with Crippen molar-refractivity contribution in [3.63, 3.8) is 0 Å². The molecule has 3 heterocycles. The minimum atomic E-state index is -0.484. The number of imidazole rings is 2. The van der Waals surface area contributed by atoms with Crippen LogP contribution in [0.1, 0.15) is 0 Å². The smallest absolute Gasteiger partial charge is 0.279 e. The lowest BCUT2D eigenvalue weighted by molar-refractivity contribution is 0.831. The third-order valence-electron chi connectivity index (χ3n) is 4.71. The van der Waals surface area contributed by atoms with Crippen molar-refractivity contribution in [2.24, 2.45) is 7.05 Å². The van der Waals surface area contributed by atoms with E-state index in [0.717, 1.165) is 16.9 Å². The zero-order chi connectivity index (χ0) is 18.5. The van der Waals surface area contributed by atoms with Crippen LogP contribution in [0.5, 0.6) is 0 Å².